The third-order valence-corrected chi connectivity index (χ3v) is 5.09. The van der Waals surface area contributed by atoms with Crippen LogP contribution in [0.15, 0.2) is 4.21 Å². The Balaban J connectivity index is 2.62. The van der Waals surface area contributed by atoms with E-state index in [-0.39, 0.29) is 33.8 Å². The van der Waals surface area contributed by atoms with Gasteiger partial charge in [0.05, 0.1) is 0 Å². The van der Waals surface area contributed by atoms with E-state index in [0.29, 0.717) is 11.3 Å². The molecule has 19 heavy (non-hydrogen) atoms. The molecule has 1 aliphatic rings. The van der Waals surface area contributed by atoms with Gasteiger partial charge in [-0.2, -0.15) is 0 Å². The van der Waals surface area contributed by atoms with E-state index >= 15 is 0 Å². The minimum absolute atomic E-state index is 0.0389. The Morgan fingerprint density at radius 3 is 2.42 bits per heavy atom. The molecular formula is C9H12N2O6S2. The lowest BCUT2D eigenvalue weighted by Crippen LogP contribution is -2.23. The quantitative estimate of drug-likeness (QED) is 0.755. The number of sulfonamides is 1. The number of rotatable bonds is 3. The van der Waals surface area contributed by atoms with Crippen molar-refractivity contribution in [3.8, 4) is 11.5 Å². The number of hydrogen-bond donors (Lipinski definition) is 2. The highest BCUT2D eigenvalue weighted by Crippen LogP contribution is 2.46. The van der Waals surface area contributed by atoms with Gasteiger partial charge in [0.1, 0.15) is 18.1 Å². The Bertz CT molecular complexity index is 606. The van der Waals surface area contributed by atoms with E-state index in [1.165, 1.54) is 23.9 Å². The van der Waals surface area contributed by atoms with E-state index in [1.54, 1.807) is 0 Å². The monoisotopic (exact) mass is 308 g/mol. The maximum Gasteiger partial charge on any atom is 0.275 e. The predicted molar refractivity (Wildman–Crippen MR) is 65.4 cm³/mol. The fourth-order valence-electron chi connectivity index (χ4n) is 1.49. The van der Waals surface area contributed by atoms with Gasteiger partial charge in [0, 0.05) is 14.1 Å². The summed E-state index contributed by atoms with van der Waals surface area (Å²) in [4.78, 5) is 14.6. The van der Waals surface area contributed by atoms with Gasteiger partial charge in [-0.3, -0.25) is 4.79 Å². The highest BCUT2D eigenvalue weighted by Gasteiger charge is 2.34. The fraction of sp³-hybridized carbons (Fsp3) is 0.444. The van der Waals surface area contributed by atoms with Crippen LogP contribution in [-0.4, -0.2) is 51.7 Å². The minimum Gasteiger partial charge on any atom is -0.484 e. The SMILES string of the molecule is CN(C)C(=O)c1sc(S(=O)(=O)NO)c2c1OCCO2. The molecule has 0 saturated heterocycles. The number of fused-ring (bicyclic) bond motifs is 1. The molecule has 2 heterocycles. The van der Waals surface area contributed by atoms with Crippen molar-refractivity contribution in [2.24, 2.45) is 0 Å². The molecule has 0 atom stereocenters. The first-order valence-corrected chi connectivity index (χ1v) is 7.48. The van der Waals surface area contributed by atoms with Crippen LogP contribution in [0, 0.1) is 0 Å². The van der Waals surface area contributed by atoms with Crippen molar-refractivity contribution < 1.29 is 27.9 Å². The molecule has 0 bridgehead atoms. The largest absolute Gasteiger partial charge is 0.484 e. The zero-order chi connectivity index (χ0) is 14.2. The molecule has 0 saturated carbocycles. The molecule has 0 aromatic carbocycles. The maximum absolute atomic E-state index is 12.0. The minimum atomic E-state index is -4.13. The van der Waals surface area contributed by atoms with Gasteiger partial charge in [0.2, 0.25) is 0 Å². The first-order valence-electron chi connectivity index (χ1n) is 5.18. The lowest BCUT2D eigenvalue weighted by atomic mass is 10.3. The number of carbonyl (C=O) groups is 1. The Kier molecular flexibility index (Phi) is 3.67. The van der Waals surface area contributed by atoms with E-state index in [4.69, 9.17) is 14.7 Å². The molecule has 2 N–H and O–H groups in total. The summed E-state index contributed by atoms with van der Waals surface area (Å²) in [6.07, 6.45) is 0. The molecule has 2 rings (SSSR count). The third-order valence-electron chi connectivity index (χ3n) is 2.33. The van der Waals surface area contributed by atoms with E-state index < -0.39 is 15.9 Å². The summed E-state index contributed by atoms with van der Waals surface area (Å²) in [5.41, 5.74) is 0. The van der Waals surface area contributed by atoms with Gasteiger partial charge in [-0.1, -0.05) is 4.89 Å². The highest BCUT2D eigenvalue weighted by molar-refractivity contribution is 7.91. The van der Waals surface area contributed by atoms with E-state index in [1.807, 2.05) is 0 Å². The molecule has 0 fully saturated rings. The second-order valence-electron chi connectivity index (χ2n) is 3.87. The van der Waals surface area contributed by atoms with Crippen LogP contribution in [-0.2, 0) is 10.0 Å². The average Bonchev–Trinajstić information content (AvgIpc) is 2.78. The third kappa shape index (κ3) is 2.39. The van der Waals surface area contributed by atoms with Gasteiger partial charge in [-0.15, -0.1) is 11.3 Å². The maximum atomic E-state index is 12.0. The van der Waals surface area contributed by atoms with Gasteiger partial charge in [-0.25, -0.2) is 8.42 Å². The summed E-state index contributed by atoms with van der Waals surface area (Å²) in [7, 11) is -1.05. The lowest BCUT2D eigenvalue weighted by Gasteiger charge is -2.17. The Hall–Kier alpha value is -1.36. The van der Waals surface area contributed by atoms with Crippen LogP contribution >= 0.6 is 11.3 Å². The Morgan fingerprint density at radius 2 is 1.89 bits per heavy atom. The summed E-state index contributed by atoms with van der Waals surface area (Å²) in [6.45, 7) is 0.400. The summed E-state index contributed by atoms with van der Waals surface area (Å²) in [5.74, 6) is -0.335. The smallest absolute Gasteiger partial charge is 0.275 e. The molecular weight excluding hydrogens is 296 g/mol. The van der Waals surface area contributed by atoms with Crippen molar-refractivity contribution in [1.29, 1.82) is 0 Å². The number of ether oxygens (including phenoxy) is 2. The molecule has 0 spiro atoms. The van der Waals surface area contributed by atoms with Crippen LogP contribution in [0.5, 0.6) is 11.5 Å². The zero-order valence-corrected chi connectivity index (χ0v) is 11.8. The fourth-order valence-corrected chi connectivity index (χ4v) is 3.71. The van der Waals surface area contributed by atoms with Crippen molar-refractivity contribution in [2.45, 2.75) is 4.21 Å². The van der Waals surface area contributed by atoms with Crippen LogP contribution < -0.4 is 14.4 Å². The molecule has 0 unspecified atom stereocenters. The summed E-state index contributed by atoms with van der Waals surface area (Å²) >= 11 is 0.692. The standard InChI is InChI=1S/C9H12N2O6S2/c1-11(2)8(12)7-5-6(17-4-3-16-5)9(18-7)19(14,15)10-13/h10,13H,3-4H2,1-2H3. The number of thiophene rings is 1. The highest BCUT2D eigenvalue weighted by atomic mass is 32.2. The zero-order valence-electron chi connectivity index (χ0n) is 10.2. The van der Waals surface area contributed by atoms with E-state index in [2.05, 4.69) is 0 Å². The molecule has 8 nitrogen and oxygen atoms in total. The van der Waals surface area contributed by atoms with Crippen molar-refractivity contribution in [2.75, 3.05) is 27.3 Å². The van der Waals surface area contributed by atoms with Crippen LogP contribution in [0.3, 0.4) is 0 Å². The Labute approximate surface area is 113 Å². The topological polar surface area (TPSA) is 105 Å². The summed E-state index contributed by atoms with van der Waals surface area (Å²) in [6, 6.07) is 0. The summed E-state index contributed by atoms with van der Waals surface area (Å²) < 4.78 is 33.6. The molecule has 1 amide bonds. The number of hydrogen-bond acceptors (Lipinski definition) is 7. The Morgan fingerprint density at radius 1 is 1.32 bits per heavy atom. The van der Waals surface area contributed by atoms with Crippen molar-refractivity contribution >= 4 is 27.3 Å². The van der Waals surface area contributed by atoms with E-state index in [0.717, 1.165) is 0 Å². The molecule has 106 valence electrons. The first kappa shape index (κ1) is 14.1. The molecule has 1 aromatic heterocycles. The van der Waals surface area contributed by atoms with Crippen molar-refractivity contribution in [3.05, 3.63) is 4.88 Å². The van der Waals surface area contributed by atoms with Crippen LogP contribution in [0.4, 0.5) is 0 Å². The molecule has 0 radical (unpaired) electrons. The van der Waals surface area contributed by atoms with Crippen molar-refractivity contribution in [1.82, 2.24) is 9.79 Å². The lowest BCUT2D eigenvalue weighted by molar-refractivity contribution is 0.0823. The molecule has 1 aliphatic heterocycles. The van der Waals surface area contributed by atoms with E-state index in [9.17, 15) is 13.2 Å². The van der Waals surface area contributed by atoms with Crippen molar-refractivity contribution in [3.63, 3.8) is 0 Å². The second-order valence-corrected chi connectivity index (χ2v) is 6.74. The van der Waals surface area contributed by atoms with Crippen LogP contribution in [0.25, 0.3) is 0 Å². The number of nitrogens with zero attached hydrogens (tertiary/aromatic N) is 1. The molecule has 10 heteroatoms. The van der Waals surface area contributed by atoms with Crippen LogP contribution in [0.1, 0.15) is 9.67 Å². The van der Waals surface area contributed by atoms with Gasteiger partial charge in [0.25, 0.3) is 15.9 Å². The number of amides is 1. The summed E-state index contributed by atoms with van der Waals surface area (Å²) in [5, 5.41) is 8.68. The number of carbonyl (C=O) groups excluding carboxylic acids is 1. The van der Waals surface area contributed by atoms with Gasteiger partial charge < -0.3 is 19.6 Å². The molecule has 0 aliphatic carbocycles. The van der Waals surface area contributed by atoms with Gasteiger partial charge in [-0.05, 0) is 0 Å². The predicted octanol–water partition coefficient (Wildman–Crippen LogP) is -0.111. The van der Waals surface area contributed by atoms with Gasteiger partial charge >= 0.3 is 0 Å². The molecule has 1 aromatic rings. The number of nitrogens with one attached hydrogen (secondary N) is 1. The van der Waals surface area contributed by atoms with Gasteiger partial charge in [0.15, 0.2) is 15.7 Å². The normalized spacial score (nSPS) is 14.3. The average molecular weight is 308 g/mol. The second kappa shape index (κ2) is 4.96. The first-order chi connectivity index (χ1) is 8.88. The van der Waals surface area contributed by atoms with Crippen LogP contribution in [0.2, 0.25) is 0 Å².